The summed E-state index contributed by atoms with van der Waals surface area (Å²) in [5, 5.41) is 1.63. The van der Waals surface area contributed by atoms with E-state index in [1.807, 2.05) is 29.2 Å². The number of alkyl halides is 1. The van der Waals surface area contributed by atoms with Gasteiger partial charge >= 0.3 is 0 Å². The molecule has 2 nitrogen and oxygen atoms in total. The van der Waals surface area contributed by atoms with Crippen molar-refractivity contribution in [1.29, 1.82) is 0 Å². The molecular weight excluding hydrogens is 326 g/mol. The Bertz CT molecular complexity index is 434. The SMILES string of the molecule is O=C(Cc1ccccc1Cl)N(CCCBr)C1CCC1. The fraction of sp³-hybridized carbons (Fsp3) is 0.533. The van der Waals surface area contributed by atoms with E-state index in [0.717, 1.165) is 36.7 Å². The molecule has 1 aliphatic carbocycles. The molecule has 1 fully saturated rings. The van der Waals surface area contributed by atoms with E-state index in [0.29, 0.717) is 17.5 Å². The Balaban J connectivity index is 2.00. The highest BCUT2D eigenvalue weighted by Crippen LogP contribution is 2.26. The smallest absolute Gasteiger partial charge is 0.227 e. The minimum Gasteiger partial charge on any atom is -0.339 e. The van der Waals surface area contributed by atoms with Crippen LogP contribution in [0.4, 0.5) is 0 Å². The van der Waals surface area contributed by atoms with E-state index in [-0.39, 0.29) is 5.91 Å². The van der Waals surface area contributed by atoms with Gasteiger partial charge in [-0.2, -0.15) is 0 Å². The molecule has 0 heterocycles. The van der Waals surface area contributed by atoms with Crippen molar-refractivity contribution in [3.05, 3.63) is 34.9 Å². The molecule has 1 saturated carbocycles. The third-order valence-electron chi connectivity index (χ3n) is 3.67. The molecule has 4 heteroatoms. The molecular formula is C15H19BrClNO. The van der Waals surface area contributed by atoms with E-state index < -0.39 is 0 Å². The van der Waals surface area contributed by atoms with Crippen molar-refractivity contribution in [2.45, 2.75) is 38.1 Å². The fourth-order valence-corrected chi connectivity index (χ4v) is 2.80. The largest absolute Gasteiger partial charge is 0.339 e. The fourth-order valence-electron chi connectivity index (χ4n) is 2.35. The minimum atomic E-state index is 0.207. The van der Waals surface area contributed by atoms with Gasteiger partial charge in [0.05, 0.1) is 6.42 Å². The van der Waals surface area contributed by atoms with Crippen LogP contribution >= 0.6 is 27.5 Å². The van der Waals surface area contributed by atoms with Crippen LogP contribution in [0.3, 0.4) is 0 Å². The number of hydrogen-bond acceptors (Lipinski definition) is 1. The highest BCUT2D eigenvalue weighted by molar-refractivity contribution is 9.09. The monoisotopic (exact) mass is 343 g/mol. The van der Waals surface area contributed by atoms with Crippen LogP contribution in [0.5, 0.6) is 0 Å². The number of hydrogen-bond donors (Lipinski definition) is 0. The van der Waals surface area contributed by atoms with Crippen LogP contribution in [-0.4, -0.2) is 28.7 Å². The Kier molecular flexibility index (Phi) is 5.71. The first kappa shape index (κ1) is 14.9. The number of carbonyl (C=O) groups is 1. The zero-order valence-corrected chi connectivity index (χ0v) is 13.3. The van der Waals surface area contributed by atoms with Crippen LogP contribution in [-0.2, 0) is 11.2 Å². The molecule has 104 valence electrons. The summed E-state index contributed by atoms with van der Waals surface area (Å²) < 4.78 is 0. The summed E-state index contributed by atoms with van der Waals surface area (Å²) in [7, 11) is 0. The quantitative estimate of drug-likeness (QED) is 0.713. The summed E-state index contributed by atoms with van der Waals surface area (Å²) in [6.07, 6.45) is 4.96. The highest BCUT2D eigenvalue weighted by atomic mass is 79.9. The molecule has 0 radical (unpaired) electrons. The average molecular weight is 345 g/mol. The maximum absolute atomic E-state index is 12.5. The van der Waals surface area contributed by atoms with Crippen molar-refractivity contribution in [1.82, 2.24) is 4.90 Å². The molecule has 0 N–H and O–H groups in total. The van der Waals surface area contributed by atoms with Crippen molar-refractivity contribution >= 4 is 33.4 Å². The third kappa shape index (κ3) is 3.96. The molecule has 1 amide bonds. The highest BCUT2D eigenvalue weighted by Gasteiger charge is 2.28. The van der Waals surface area contributed by atoms with Gasteiger partial charge in [-0.15, -0.1) is 0 Å². The second-order valence-corrected chi connectivity index (χ2v) is 6.18. The number of amides is 1. The first-order valence-corrected chi connectivity index (χ1v) is 8.31. The molecule has 0 unspecified atom stereocenters. The second-order valence-electron chi connectivity index (χ2n) is 4.98. The lowest BCUT2D eigenvalue weighted by Gasteiger charge is -2.37. The molecule has 1 aromatic carbocycles. The first-order valence-electron chi connectivity index (χ1n) is 6.81. The molecule has 1 aliphatic rings. The van der Waals surface area contributed by atoms with Crippen molar-refractivity contribution < 1.29 is 4.79 Å². The third-order valence-corrected chi connectivity index (χ3v) is 4.60. The molecule has 0 atom stereocenters. The van der Waals surface area contributed by atoms with Gasteiger partial charge in [-0.3, -0.25) is 4.79 Å². The standard InChI is InChI=1S/C15H19BrClNO/c16-9-4-10-18(13-6-3-7-13)15(19)11-12-5-1-2-8-14(12)17/h1-2,5,8,13H,3-4,6-7,9-11H2. The van der Waals surface area contributed by atoms with E-state index in [4.69, 9.17) is 11.6 Å². The Labute approximate surface area is 128 Å². The topological polar surface area (TPSA) is 20.3 Å². The number of rotatable bonds is 6. The average Bonchev–Trinajstić information content (AvgIpc) is 2.34. The van der Waals surface area contributed by atoms with E-state index >= 15 is 0 Å². The normalized spacial score (nSPS) is 15.1. The number of halogens is 2. The van der Waals surface area contributed by atoms with Crippen LogP contribution in [0.1, 0.15) is 31.2 Å². The van der Waals surface area contributed by atoms with Crippen LogP contribution in [0.25, 0.3) is 0 Å². The molecule has 0 spiro atoms. The summed E-state index contributed by atoms with van der Waals surface area (Å²) in [4.78, 5) is 14.5. The van der Waals surface area contributed by atoms with Gasteiger partial charge < -0.3 is 4.90 Å². The molecule has 19 heavy (non-hydrogen) atoms. The van der Waals surface area contributed by atoms with Gasteiger partial charge in [-0.05, 0) is 37.3 Å². The predicted molar refractivity (Wildman–Crippen MR) is 82.9 cm³/mol. The summed E-state index contributed by atoms with van der Waals surface area (Å²) in [6.45, 7) is 0.846. The van der Waals surface area contributed by atoms with Gasteiger partial charge in [0.15, 0.2) is 0 Å². The van der Waals surface area contributed by atoms with Crippen molar-refractivity contribution in [3.8, 4) is 0 Å². The number of benzene rings is 1. The van der Waals surface area contributed by atoms with Gasteiger partial charge in [-0.25, -0.2) is 0 Å². The predicted octanol–water partition coefficient (Wildman–Crippen LogP) is 4.05. The molecule has 0 bridgehead atoms. The first-order chi connectivity index (χ1) is 9.22. The van der Waals surface area contributed by atoms with Gasteiger partial charge in [0.25, 0.3) is 0 Å². The van der Waals surface area contributed by atoms with E-state index in [1.54, 1.807) is 0 Å². The summed E-state index contributed by atoms with van der Waals surface area (Å²) in [5.74, 6) is 0.207. The van der Waals surface area contributed by atoms with Crippen LogP contribution in [0.2, 0.25) is 5.02 Å². The minimum absolute atomic E-state index is 0.207. The summed E-state index contributed by atoms with van der Waals surface area (Å²) >= 11 is 9.56. The van der Waals surface area contributed by atoms with Crippen molar-refractivity contribution in [2.24, 2.45) is 0 Å². The summed E-state index contributed by atoms with van der Waals surface area (Å²) in [5.41, 5.74) is 0.928. The second kappa shape index (κ2) is 7.30. The molecule has 0 saturated heterocycles. The van der Waals surface area contributed by atoms with Gasteiger partial charge in [0.2, 0.25) is 5.91 Å². The lowest BCUT2D eigenvalue weighted by atomic mass is 9.91. The molecule has 0 aliphatic heterocycles. The molecule has 2 rings (SSSR count). The lowest BCUT2D eigenvalue weighted by molar-refractivity contribution is -0.134. The molecule has 0 aromatic heterocycles. The Morgan fingerprint density at radius 1 is 1.37 bits per heavy atom. The van der Waals surface area contributed by atoms with Crippen LogP contribution < -0.4 is 0 Å². The van der Waals surface area contributed by atoms with E-state index in [2.05, 4.69) is 15.9 Å². The zero-order valence-electron chi connectivity index (χ0n) is 10.9. The molecule has 1 aromatic rings. The van der Waals surface area contributed by atoms with Gasteiger partial charge in [0, 0.05) is 22.9 Å². The lowest BCUT2D eigenvalue weighted by Crippen LogP contribution is -2.45. The van der Waals surface area contributed by atoms with E-state index in [1.165, 1.54) is 6.42 Å². The number of carbonyl (C=O) groups excluding carboxylic acids is 1. The maximum atomic E-state index is 12.5. The summed E-state index contributed by atoms with van der Waals surface area (Å²) in [6, 6.07) is 8.06. The number of nitrogens with zero attached hydrogens (tertiary/aromatic N) is 1. The Morgan fingerprint density at radius 2 is 2.11 bits per heavy atom. The van der Waals surface area contributed by atoms with Crippen LogP contribution in [0.15, 0.2) is 24.3 Å². The van der Waals surface area contributed by atoms with Crippen molar-refractivity contribution in [2.75, 3.05) is 11.9 Å². The maximum Gasteiger partial charge on any atom is 0.227 e. The van der Waals surface area contributed by atoms with Gasteiger partial charge in [-0.1, -0.05) is 45.7 Å². The van der Waals surface area contributed by atoms with Crippen LogP contribution in [0, 0.1) is 0 Å². The zero-order chi connectivity index (χ0) is 13.7. The van der Waals surface area contributed by atoms with Crippen molar-refractivity contribution in [3.63, 3.8) is 0 Å². The van der Waals surface area contributed by atoms with Gasteiger partial charge in [0.1, 0.15) is 0 Å². The Hall–Kier alpha value is -0.540. The Morgan fingerprint density at radius 3 is 2.68 bits per heavy atom. The van der Waals surface area contributed by atoms with E-state index in [9.17, 15) is 4.79 Å².